The maximum absolute atomic E-state index is 13.4. The molecule has 0 atom stereocenters. The van der Waals surface area contributed by atoms with Gasteiger partial charge in [-0.15, -0.1) is 11.3 Å². The summed E-state index contributed by atoms with van der Waals surface area (Å²) in [6, 6.07) is 20.8. The Bertz CT molecular complexity index is 1260. The van der Waals surface area contributed by atoms with Crippen LogP contribution in [0.1, 0.15) is 11.1 Å². The number of aromatic hydroxyl groups is 2. The quantitative estimate of drug-likeness (QED) is 0.339. The smallest absolute Gasteiger partial charge is 0.206 e. The molecule has 7 heteroatoms. The molecule has 4 aromatic rings. The van der Waals surface area contributed by atoms with Crippen molar-refractivity contribution < 1.29 is 14.6 Å². The Labute approximate surface area is 182 Å². The van der Waals surface area contributed by atoms with Crippen LogP contribution in [0.2, 0.25) is 0 Å². The number of hydrogen-bond acceptors (Lipinski definition) is 5. The third-order valence-electron chi connectivity index (χ3n) is 4.64. The molecule has 0 aliphatic carbocycles. The Hall–Kier alpha value is -3.71. The highest BCUT2D eigenvalue weighted by atomic mass is 32.1. The monoisotopic (exact) mass is 433 g/mol. The van der Waals surface area contributed by atoms with E-state index in [2.05, 4.69) is 17.2 Å². The third-order valence-corrected chi connectivity index (χ3v) is 5.49. The Balaban J connectivity index is 1.69. The molecule has 31 heavy (non-hydrogen) atoms. The average molecular weight is 434 g/mol. The van der Waals surface area contributed by atoms with Gasteiger partial charge in [0.2, 0.25) is 4.80 Å². The first kappa shape index (κ1) is 20.6. The summed E-state index contributed by atoms with van der Waals surface area (Å²) >= 11 is 1.45. The Morgan fingerprint density at radius 1 is 0.935 bits per heavy atom. The van der Waals surface area contributed by atoms with Gasteiger partial charge in [-0.2, -0.15) is 5.10 Å². The van der Waals surface area contributed by atoms with Crippen LogP contribution < -0.4 is 4.80 Å². The van der Waals surface area contributed by atoms with Gasteiger partial charge in [0, 0.05) is 17.5 Å². The van der Waals surface area contributed by atoms with Crippen LogP contribution in [0.15, 0.2) is 88.3 Å². The zero-order chi connectivity index (χ0) is 21.6. The first-order valence-electron chi connectivity index (χ1n) is 9.67. The molecule has 1 heterocycles. The van der Waals surface area contributed by atoms with Gasteiger partial charge in [0.1, 0.15) is 5.82 Å². The summed E-state index contributed by atoms with van der Waals surface area (Å²) in [5.74, 6) is -0.712. The van der Waals surface area contributed by atoms with Crippen LogP contribution in [0.4, 0.5) is 4.39 Å². The molecule has 2 N–H and O–H groups in total. The number of nitrogens with zero attached hydrogens (tertiary/aromatic N) is 3. The molecule has 0 saturated heterocycles. The fraction of sp³-hybridized carbons (Fsp3) is 0.0833. The van der Waals surface area contributed by atoms with Crippen LogP contribution >= 0.6 is 11.3 Å². The van der Waals surface area contributed by atoms with E-state index in [1.807, 2.05) is 23.6 Å². The van der Waals surface area contributed by atoms with E-state index >= 15 is 0 Å². The van der Waals surface area contributed by atoms with Crippen LogP contribution in [-0.2, 0) is 6.42 Å². The molecule has 156 valence electrons. The lowest BCUT2D eigenvalue weighted by atomic mass is 10.2. The van der Waals surface area contributed by atoms with Gasteiger partial charge in [0.05, 0.1) is 11.9 Å². The van der Waals surface area contributed by atoms with Gasteiger partial charge in [-0.3, -0.25) is 4.99 Å². The van der Waals surface area contributed by atoms with Gasteiger partial charge in [-0.25, -0.2) is 9.07 Å². The summed E-state index contributed by atoms with van der Waals surface area (Å²) in [5.41, 5.74) is 3.42. The summed E-state index contributed by atoms with van der Waals surface area (Å²) in [6.45, 7) is 0.600. The predicted octanol–water partition coefficient (Wildman–Crippen LogP) is 4.79. The van der Waals surface area contributed by atoms with E-state index in [4.69, 9.17) is 4.99 Å². The molecule has 1 aromatic heterocycles. The summed E-state index contributed by atoms with van der Waals surface area (Å²) in [4.78, 5) is 5.42. The highest BCUT2D eigenvalue weighted by molar-refractivity contribution is 7.07. The molecule has 0 fully saturated rings. The lowest BCUT2D eigenvalue weighted by Crippen LogP contribution is -2.13. The summed E-state index contributed by atoms with van der Waals surface area (Å²) in [5, 5.41) is 25.7. The van der Waals surface area contributed by atoms with Crippen LogP contribution in [-0.4, -0.2) is 27.6 Å². The number of hydrogen-bond donors (Lipinski definition) is 2. The molecule has 5 nitrogen and oxygen atoms in total. The largest absolute Gasteiger partial charge is 0.504 e. The lowest BCUT2D eigenvalue weighted by molar-refractivity contribution is 0.403. The van der Waals surface area contributed by atoms with Gasteiger partial charge >= 0.3 is 0 Å². The Morgan fingerprint density at radius 3 is 2.45 bits per heavy atom. The van der Waals surface area contributed by atoms with E-state index in [-0.39, 0.29) is 17.3 Å². The fourth-order valence-corrected chi connectivity index (χ4v) is 3.87. The van der Waals surface area contributed by atoms with Crippen molar-refractivity contribution in [3.8, 4) is 22.8 Å². The summed E-state index contributed by atoms with van der Waals surface area (Å²) < 4.78 is 15.1. The highest BCUT2D eigenvalue weighted by Crippen LogP contribution is 2.24. The van der Waals surface area contributed by atoms with E-state index < -0.39 is 0 Å². The maximum Gasteiger partial charge on any atom is 0.206 e. The number of phenolic OH excluding ortho intramolecular Hbond substituents is 2. The normalized spacial score (nSPS) is 12.0. The molecule has 0 aliphatic rings. The van der Waals surface area contributed by atoms with Gasteiger partial charge in [0.25, 0.3) is 0 Å². The molecule has 0 unspecified atom stereocenters. The standard InChI is InChI=1S/C24H20FN3O2S/c25-20-9-7-19(8-10-20)21-16-31-24(26-13-12-17-4-2-1-3-5-17)28(21)27-15-18-6-11-22(29)23(30)14-18/h1-11,14-16,29-30H,12-13H2. The van der Waals surface area contributed by atoms with Crippen molar-refractivity contribution in [3.05, 3.63) is 99.9 Å². The summed E-state index contributed by atoms with van der Waals surface area (Å²) in [7, 11) is 0. The number of benzene rings is 3. The fourth-order valence-electron chi connectivity index (χ4n) is 3.01. The lowest BCUT2D eigenvalue weighted by Gasteiger charge is -2.04. The van der Waals surface area contributed by atoms with E-state index in [9.17, 15) is 14.6 Å². The molecule has 0 saturated carbocycles. The van der Waals surface area contributed by atoms with Crippen molar-refractivity contribution in [2.45, 2.75) is 6.42 Å². The molecular weight excluding hydrogens is 413 g/mol. The minimum absolute atomic E-state index is 0.191. The molecule has 0 radical (unpaired) electrons. The third kappa shape index (κ3) is 5.07. The van der Waals surface area contributed by atoms with Crippen molar-refractivity contribution in [1.29, 1.82) is 0 Å². The first-order chi connectivity index (χ1) is 15.1. The van der Waals surface area contributed by atoms with E-state index in [0.29, 0.717) is 16.9 Å². The number of rotatable bonds is 6. The topological polar surface area (TPSA) is 70.1 Å². The predicted molar refractivity (Wildman–Crippen MR) is 121 cm³/mol. The van der Waals surface area contributed by atoms with Gasteiger partial charge in [-0.05, 0) is 60.0 Å². The van der Waals surface area contributed by atoms with E-state index in [1.165, 1.54) is 41.2 Å². The molecule has 0 aliphatic heterocycles. The van der Waals surface area contributed by atoms with E-state index in [0.717, 1.165) is 17.7 Å². The van der Waals surface area contributed by atoms with Crippen LogP contribution in [0.25, 0.3) is 11.3 Å². The second-order valence-corrected chi connectivity index (χ2v) is 7.67. The molecule has 0 spiro atoms. The number of thiazole rings is 1. The molecule has 4 rings (SSSR count). The SMILES string of the molecule is Oc1ccc(C=Nn2c(-c3ccc(F)cc3)csc2=NCCc2ccccc2)cc1O. The minimum Gasteiger partial charge on any atom is -0.504 e. The second kappa shape index (κ2) is 9.40. The minimum atomic E-state index is -0.304. The van der Waals surface area contributed by atoms with Crippen molar-refractivity contribution in [3.63, 3.8) is 0 Å². The van der Waals surface area contributed by atoms with Crippen molar-refractivity contribution >= 4 is 17.6 Å². The van der Waals surface area contributed by atoms with Crippen molar-refractivity contribution in [2.24, 2.45) is 10.1 Å². The van der Waals surface area contributed by atoms with Gasteiger partial charge in [0.15, 0.2) is 11.5 Å². The van der Waals surface area contributed by atoms with Crippen molar-refractivity contribution in [2.75, 3.05) is 6.54 Å². The molecule has 0 bridgehead atoms. The second-order valence-electron chi connectivity index (χ2n) is 6.83. The van der Waals surface area contributed by atoms with E-state index in [1.54, 1.807) is 29.1 Å². The summed E-state index contributed by atoms with van der Waals surface area (Å²) in [6.07, 6.45) is 2.38. The number of aromatic nitrogens is 1. The van der Waals surface area contributed by atoms with Crippen LogP contribution in [0.5, 0.6) is 11.5 Å². The molecule has 3 aromatic carbocycles. The molecular formula is C24H20FN3O2S. The van der Waals surface area contributed by atoms with Crippen LogP contribution in [0, 0.1) is 5.82 Å². The average Bonchev–Trinajstić information content (AvgIpc) is 3.18. The van der Waals surface area contributed by atoms with Crippen molar-refractivity contribution in [1.82, 2.24) is 4.68 Å². The number of phenols is 2. The zero-order valence-electron chi connectivity index (χ0n) is 16.5. The van der Waals surface area contributed by atoms with Crippen LogP contribution in [0.3, 0.4) is 0 Å². The first-order valence-corrected chi connectivity index (χ1v) is 10.6. The maximum atomic E-state index is 13.4. The zero-order valence-corrected chi connectivity index (χ0v) is 17.3. The van der Waals surface area contributed by atoms with Gasteiger partial charge in [-0.1, -0.05) is 30.3 Å². The van der Waals surface area contributed by atoms with Gasteiger partial charge < -0.3 is 10.2 Å². The Morgan fingerprint density at radius 2 is 1.71 bits per heavy atom. The number of halogens is 1. The Kier molecular flexibility index (Phi) is 6.24. The highest BCUT2D eigenvalue weighted by Gasteiger charge is 2.08. The molecule has 0 amide bonds.